The van der Waals surface area contributed by atoms with Crippen LogP contribution in [0.1, 0.15) is 20.8 Å². The van der Waals surface area contributed by atoms with E-state index in [2.05, 4.69) is 5.32 Å². The molecule has 3 N–H and O–H groups in total. The van der Waals surface area contributed by atoms with E-state index in [-0.39, 0.29) is 11.9 Å². The van der Waals surface area contributed by atoms with Gasteiger partial charge in [0.25, 0.3) is 0 Å². The Morgan fingerprint density at radius 1 is 1.46 bits per heavy atom. The molecule has 0 saturated carbocycles. The van der Waals surface area contributed by atoms with Crippen LogP contribution in [0.4, 0.5) is 0 Å². The molecule has 0 aliphatic rings. The topological polar surface area (TPSA) is 64.3 Å². The van der Waals surface area contributed by atoms with E-state index < -0.39 is 6.10 Å². The number of methoxy groups -OCH3 is 1. The molecular weight excluding hydrogens is 168 g/mol. The maximum Gasteiger partial charge on any atom is 0.248 e. The maximum atomic E-state index is 11.2. The Hall–Kier alpha value is -0.610. The molecule has 0 spiro atoms. The third kappa shape index (κ3) is 4.85. The lowest BCUT2D eigenvalue weighted by atomic mass is 10.1. The quantitative estimate of drug-likeness (QED) is 0.644. The van der Waals surface area contributed by atoms with E-state index in [4.69, 9.17) is 10.5 Å². The summed E-state index contributed by atoms with van der Waals surface area (Å²) in [7, 11) is 1.51. The van der Waals surface area contributed by atoms with E-state index in [1.165, 1.54) is 7.11 Å². The fourth-order valence-corrected chi connectivity index (χ4v) is 0.705. The molecule has 0 aliphatic heterocycles. The van der Waals surface area contributed by atoms with Gasteiger partial charge < -0.3 is 15.8 Å². The Morgan fingerprint density at radius 3 is 2.38 bits per heavy atom. The molecule has 78 valence electrons. The Balaban J connectivity index is 3.70. The van der Waals surface area contributed by atoms with E-state index in [0.29, 0.717) is 12.5 Å². The highest BCUT2D eigenvalue weighted by Gasteiger charge is 2.13. The molecule has 0 fully saturated rings. The van der Waals surface area contributed by atoms with Crippen molar-refractivity contribution in [1.29, 1.82) is 0 Å². The molecule has 4 nitrogen and oxygen atoms in total. The number of hydrogen-bond acceptors (Lipinski definition) is 3. The molecule has 4 heteroatoms. The van der Waals surface area contributed by atoms with Crippen LogP contribution in [-0.4, -0.2) is 31.7 Å². The van der Waals surface area contributed by atoms with Crippen LogP contribution >= 0.6 is 0 Å². The highest BCUT2D eigenvalue weighted by molar-refractivity contribution is 5.80. The number of carbonyl (C=O) groups is 1. The van der Waals surface area contributed by atoms with E-state index in [1.807, 2.05) is 13.8 Å². The summed E-state index contributed by atoms with van der Waals surface area (Å²) < 4.78 is 4.85. The Labute approximate surface area is 79.8 Å². The number of rotatable bonds is 5. The van der Waals surface area contributed by atoms with Crippen LogP contribution in [-0.2, 0) is 9.53 Å². The molecular formula is C9H20N2O2. The molecule has 0 radical (unpaired) electrons. The first-order chi connectivity index (χ1) is 5.99. The molecule has 13 heavy (non-hydrogen) atoms. The molecule has 2 unspecified atom stereocenters. The van der Waals surface area contributed by atoms with E-state index >= 15 is 0 Å². The summed E-state index contributed by atoms with van der Waals surface area (Å²) in [5.41, 5.74) is 5.75. The van der Waals surface area contributed by atoms with Crippen molar-refractivity contribution in [1.82, 2.24) is 5.32 Å². The average molecular weight is 188 g/mol. The Bertz CT molecular complexity index is 160. The van der Waals surface area contributed by atoms with Crippen LogP contribution in [0.25, 0.3) is 0 Å². The molecule has 2 atom stereocenters. The first-order valence-corrected chi connectivity index (χ1v) is 4.55. The molecule has 0 aromatic carbocycles. The third-order valence-electron chi connectivity index (χ3n) is 2.09. The summed E-state index contributed by atoms with van der Waals surface area (Å²) in [6.45, 7) is 6.26. The lowest BCUT2D eigenvalue weighted by Gasteiger charge is -2.17. The monoisotopic (exact) mass is 188 g/mol. The first kappa shape index (κ1) is 12.4. The van der Waals surface area contributed by atoms with Crippen molar-refractivity contribution in [3.05, 3.63) is 0 Å². The average Bonchev–Trinajstić information content (AvgIpc) is 2.11. The molecule has 0 saturated heterocycles. The van der Waals surface area contributed by atoms with Gasteiger partial charge in [-0.05, 0) is 12.8 Å². The number of ether oxygens (including phenoxy) is 1. The normalized spacial score (nSPS) is 15.5. The van der Waals surface area contributed by atoms with Crippen molar-refractivity contribution in [3.8, 4) is 0 Å². The van der Waals surface area contributed by atoms with Gasteiger partial charge >= 0.3 is 0 Å². The second-order valence-corrected chi connectivity index (χ2v) is 3.53. The molecule has 0 aromatic heterocycles. The third-order valence-corrected chi connectivity index (χ3v) is 2.09. The fourth-order valence-electron chi connectivity index (χ4n) is 0.705. The van der Waals surface area contributed by atoms with Gasteiger partial charge in [-0.25, -0.2) is 0 Å². The van der Waals surface area contributed by atoms with Gasteiger partial charge in [0.2, 0.25) is 5.91 Å². The minimum Gasteiger partial charge on any atom is -0.372 e. The Morgan fingerprint density at radius 2 is 2.00 bits per heavy atom. The molecule has 0 rings (SSSR count). The van der Waals surface area contributed by atoms with Crippen molar-refractivity contribution in [3.63, 3.8) is 0 Å². The highest BCUT2D eigenvalue weighted by Crippen LogP contribution is 1.96. The lowest BCUT2D eigenvalue weighted by Crippen LogP contribution is -2.43. The minimum absolute atomic E-state index is 0.00741. The van der Waals surface area contributed by atoms with Crippen LogP contribution in [0.5, 0.6) is 0 Å². The predicted octanol–water partition coefficient (Wildman–Crippen LogP) is 0.121. The first-order valence-electron chi connectivity index (χ1n) is 4.55. The minimum atomic E-state index is -0.403. The highest BCUT2D eigenvalue weighted by atomic mass is 16.5. The summed E-state index contributed by atoms with van der Waals surface area (Å²) in [6, 6.07) is 0.00741. The summed E-state index contributed by atoms with van der Waals surface area (Å²) in [4.78, 5) is 11.2. The van der Waals surface area contributed by atoms with Gasteiger partial charge in [-0.2, -0.15) is 0 Å². The van der Waals surface area contributed by atoms with E-state index in [0.717, 1.165) is 0 Å². The van der Waals surface area contributed by atoms with Crippen molar-refractivity contribution < 1.29 is 9.53 Å². The number of nitrogens with two attached hydrogens (primary N) is 1. The van der Waals surface area contributed by atoms with Crippen molar-refractivity contribution in [2.75, 3.05) is 13.7 Å². The number of hydrogen-bond donors (Lipinski definition) is 2. The maximum absolute atomic E-state index is 11.2. The van der Waals surface area contributed by atoms with Gasteiger partial charge in [0.1, 0.15) is 6.10 Å². The molecule has 1 amide bonds. The smallest absolute Gasteiger partial charge is 0.248 e. The van der Waals surface area contributed by atoms with Crippen molar-refractivity contribution in [2.45, 2.75) is 32.9 Å². The fraction of sp³-hybridized carbons (Fsp3) is 0.889. The number of carbonyl (C=O) groups excluding carboxylic acids is 1. The lowest BCUT2D eigenvalue weighted by molar-refractivity contribution is -0.130. The zero-order valence-electron chi connectivity index (χ0n) is 8.83. The zero-order chi connectivity index (χ0) is 10.4. The van der Waals surface area contributed by atoms with Crippen molar-refractivity contribution in [2.24, 2.45) is 11.7 Å². The zero-order valence-corrected chi connectivity index (χ0v) is 8.83. The van der Waals surface area contributed by atoms with E-state index in [9.17, 15) is 4.79 Å². The molecule has 0 aliphatic carbocycles. The van der Waals surface area contributed by atoms with Gasteiger partial charge in [-0.3, -0.25) is 4.79 Å². The second-order valence-electron chi connectivity index (χ2n) is 3.53. The van der Waals surface area contributed by atoms with Gasteiger partial charge in [0.15, 0.2) is 0 Å². The summed E-state index contributed by atoms with van der Waals surface area (Å²) >= 11 is 0. The second kappa shape index (κ2) is 5.94. The Kier molecular flexibility index (Phi) is 5.66. The molecule has 0 aromatic rings. The number of amides is 1. The van der Waals surface area contributed by atoms with Gasteiger partial charge in [0, 0.05) is 19.7 Å². The largest absolute Gasteiger partial charge is 0.372 e. The summed E-state index contributed by atoms with van der Waals surface area (Å²) in [5.74, 6) is 0.261. The van der Waals surface area contributed by atoms with Crippen LogP contribution < -0.4 is 11.1 Å². The van der Waals surface area contributed by atoms with Crippen molar-refractivity contribution >= 4 is 5.91 Å². The van der Waals surface area contributed by atoms with Gasteiger partial charge in [0.05, 0.1) is 0 Å². The van der Waals surface area contributed by atoms with Crippen LogP contribution in [0.15, 0.2) is 0 Å². The number of nitrogens with one attached hydrogen (secondary N) is 1. The van der Waals surface area contributed by atoms with Gasteiger partial charge in [-0.1, -0.05) is 13.8 Å². The molecule has 0 heterocycles. The standard InChI is InChI=1S/C9H20N2O2/c1-6(2)8(10)5-11-9(12)7(3)13-4/h6-8H,5,10H2,1-4H3,(H,11,12). The summed E-state index contributed by atoms with van der Waals surface area (Å²) in [5, 5.41) is 2.73. The van der Waals surface area contributed by atoms with Crippen LogP contribution in [0, 0.1) is 5.92 Å². The van der Waals surface area contributed by atoms with Crippen LogP contribution in [0.2, 0.25) is 0 Å². The molecule has 0 bridgehead atoms. The summed E-state index contributed by atoms with van der Waals surface area (Å²) in [6.07, 6.45) is -0.403. The van der Waals surface area contributed by atoms with Crippen LogP contribution in [0.3, 0.4) is 0 Å². The SMILES string of the molecule is COC(C)C(=O)NCC(N)C(C)C. The predicted molar refractivity (Wildman–Crippen MR) is 52.3 cm³/mol. The van der Waals surface area contributed by atoms with E-state index in [1.54, 1.807) is 6.92 Å². The van der Waals surface area contributed by atoms with Gasteiger partial charge in [-0.15, -0.1) is 0 Å².